The Bertz CT molecular complexity index is 557. The minimum atomic E-state index is -0.404. The van der Waals surface area contributed by atoms with Gasteiger partial charge in [-0.2, -0.15) is 12.6 Å². The van der Waals surface area contributed by atoms with Crippen LogP contribution < -0.4 is 4.90 Å². The highest BCUT2D eigenvalue weighted by atomic mass is 32.1. The summed E-state index contributed by atoms with van der Waals surface area (Å²) in [4.78, 5) is 24.3. The maximum absolute atomic E-state index is 12.1. The molecule has 0 bridgehead atoms. The number of hydrogen-bond donors (Lipinski definition) is 1. The molecule has 1 aromatic rings. The van der Waals surface area contributed by atoms with Gasteiger partial charge >= 0.3 is 0 Å². The number of benzene rings is 1. The fraction of sp³-hybridized carbons (Fsp3) is 0.500. The molecule has 0 spiro atoms. The van der Waals surface area contributed by atoms with Gasteiger partial charge in [-0.05, 0) is 29.2 Å². The van der Waals surface area contributed by atoms with Crippen LogP contribution in [0, 0.1) is 15.5 Å². The Labute approximate surface area is 123 Å². The lowest BCUT2D eigenvalue weighted by atomic mass is 9.92. The van der Waals surface area contributed by atoms with E-state index in [1.54, 1.807) is 17.0 Å². The lowest BCUT2D eigenvalue weighted by Crippen LogP contribution is -2.42. The molecule has 20 heavy (non-hydrogen) atoms. The number of carbonyl (C=O) groups is 1. The molecule has 0 saturated heterocycles. The van der Waals surface area contributed by atoms with Gasteiger partial charge in [-0.15, -0.1) is 0 Å². The molecule has 0 aromatic heterocycles. The quantitative estimate of drug-likeness (QED) is 0.527. The molecule has 108 valence electrons. The number of amides is 1. The smallest absolute Gasteiger partial charge is 0.269 e. The molecule has 0 atom stereocenters. The third kappa shape index (κ3) is 2.95. The second-order valence-corrected chi connectivity index (χ2v) is 6.19. The number of anilines is 1. The largest absolute Gasteiger partial charge is 0.312 e. The molecule has 1 heterocycles. The van der Waals surface area contributed by atoms with Crippen LogP contribution in [0.15, 0.2) is 18.2 Å². The molecule has 6 heteroatoms. The fourth-order valence-corrected chi connectivity index (χ4v) is 2.41. The van der Waals surface area contributed by atoms with E-state index in [0.29, 0.717) is 25.1 Å². The maximum atomic E-state index is 12.1. The van der Waals surface area contributed by atoms with Crippen molar-refractivity contribution in [2.24, 2.45) is 5.41 Å². The first-order valence-corrected chi connectivity index (χ1v) is 7.16. The third-order valence-corrected chi connectivity index (χ3v) is 4.34. The average molecular weight is 294 g/mol. The number of hydrogen-bond acceptors (Lipinski definition) is 4. The van der Waals surface area contributed by atoms with Crippen LogP contribution in [0.5, 0.6) is 0 Å². The molecule has 0 aliphatic carbocycles. The minimum Gasteiger partial charge on any atom is -0.312 e. The molecule has 1 aromatic carbocycles. The van der Waals surface area contributed by atoms with E-state index < -0.39 is 4.92 Å². The van der Waals surface area contributed by atoms with Gasteiger partial charge < -0.3 is 4.90 Å². The molecule has 1 aliphatic heterocycles. The highest BCUT2D eigenvalue weighted by molar-refractivity contribution is 7.80. The number of thiol groups is 1. The van der Waals surface area contributed by atoms with Crippen LogP contribution in [0.2, 0.25) is 0 Å². The van der Waals surface area contributed by atoms with Crippen molar-refractivity contribution in [3.8, 4) is 0 Å². The Kier molecular flexibility index (Phi) is 4.04. The van der Waals surface area contributed by atoms with Gasteiger partial charge in [0.2, 0.25) is 5.91 Å². The van der Waals surface area contributed by atoms with Gasteiger partial charge in [0.25, 0.3) is 5.69 Å². The average Bonchev–Trinajstić information content (AvgIpc) is 2.41. The van der Waals surface area contributed by atoms with Crippen molar-refractivity contribution in [3.63, 3.8) is 0 Å². The number of non-ortho nitro benzene ring substituents is 1. The number of nitro groups is 1. The molecule has 1 aliphatic rings. The predicted molar refractivity (Wildman–Crippen MR) is 81.4 cm³/mol. The van der Waals surface area contributed by atoms with Gasteiger partial charge in [-0.3, -0.25) is 14.9 Å². The van der Waals surface area contributed by atoms with Gasteiger partial charge in [-0.25, -0.2) is 0 Å². The van der Waals surface area contributed by atoms with Crippen molar-refractivity contribution in [1.82, 2.24) is 0 Å². The molecule has 5 nitrogen and oxygen atoms in total. The van der Waals surface area contributed by atoms with Crippen LogP contribution >= 0.6 is 12.6 Å². The van der Waals surface area contributed by atoms with Crippen LogP contribution in [0.4, 0.5) is 11.4 Å². The first-order chi connectivity index (χ1) is 9.34. The standard InChI is InChI=1S/C14H18N2O3S/c1-14(2,9-20)8-15-12-5-4-11(16(18)19)7-10(12)3-6-13(15)17/h4-5,7,20H,3,6,8-9H2,1-2H3. The first kappa shape index (κ1) is 14.8. The van der Waals surface area contributed by atoms with Crippen molar-refractivity contribution < 1.29 is 9.72 Å². The summed E-state index contributed by atoms with van der Waals surface area (Å²) in [6.45, 7) is 4.67. The summed E-state index contributed by atoms with van der Waals surface area (Å²) in [5.74, 6) is 0.736. The van der Waals surface area contributed by atoms with Crippen LogP contribution in [0.25, 0.3) is 0 Å². The van der Waals surface area contributed by atoms with E-state index in [1.165, 1.54) is 6.07 Å². The Morgan fingerprint density at radius 3 is 2.70 bits per heavy atom. The number of rotatable bonds is 4. The Morgan fingerprint density at radius 2 is 2.10 bits per heavy atom. The highest BCUT2D eigenvalue weighted by Crippen LogP contribution is 2.33. The van der Waals surface area contributed by atoms with Gasteiger partial charge in [0.1, 0.15) is 0 Å². The third-order valence-electron chi connectivity index (χ3n) is 3.49. The van der Waals surface area contributed by atoms with Crippen molar-refractivity contribution in [1.29, 1.82) is 0 Å². The zero-order chi connectivity index (χ0) is 14.9. The topological polar surface area (TPSA) is 63.5 Å². The van der Waals surface area contributed by atoms with E-state index in [1.807, 2.05) is 13.8 Å². The van der Waals surface area contributed by atoms with Crippen LogP contribution in [-0.4, -0.2) is 23.1 Å². The van der Waals surface area contributed by atoms with E-state index in [2.05, 4.69) is 12.6 Å². The minimum absolute atomic E-state index is 0.0706. The number of nitro benzene ring substituents is 1. The lowest BCUT2D eigenvalue weighted by Gasteiger charge is -2.35. The van der Waals surface area contributed by atoms with Crippen molar-refractivity contribution in [2.45, 2.75) is 26.7 Å². The normalized spacial score (nSPS) is 15.2. The number of aryl methyl sites for hydroxylation is 1. The SMILES string of the molecule is CC(C)(CS)CN1C(=O)CCc2cc([N+](=O)[O-])ccc21. The fourth-order valence-electron chi connectivity index (χ4n) is 2.31. The Balaban J connectivity index is 2.37. The van der Waals surface area contributed by atoms with Crippen molar-refractivity contribution in [3.05, 3.63) is 33.9 Å². The summed E-state index contributed by atoms with van der Waals surface area (Å²) in [6.07, 6.45) is 0.963. The zero-order valence-electron chi connectivity index (χ0n) is 11.6. The van der Waals surface area contributed by atoms with E-state index >= 15 is 0 Å². The van der Waals surface area contributed by atoms with Gasteiger partial charge in [0.15, 0.2) is 0 Å². The van der Waals surface area contributed by atoms with Crippen LogP contribution in [-0.2, 0) is 11.2 Å². The summed E-state index contributed by atoms with van der Waals surface area (Å²) in [5.41, 5.74) is 1.64. The number of carbonyl (C=O) groups excluding carboxylic acids is 1. The zero-order valence-corrected chi connectivity index (χ0v) is 12.5. The van der Waals surface area contributed by atoms with E-state index in [9.17, 15) is 14.9 Å². The molecule has 0 saturated carbocycles. The molecule has 0 N–H and O–H groups in total. The molecule has 0 radical (unpaired) electrons. The first-order valence-electron chi connectivity index (χ1n) is 6.52. The van der Waals surface area contributed by atoms with Gasteiger partial charge in [-0.1, -0.05) is 13.8 Å². The maximum Gasteiger partial charge on any atom is 0.269 e. The summed E-state index contributed by atoms with van der Waals surface area (Å²) in [6, 6.07) is 4.71. The van der Waals surface area contributed by atoms with Crippen LogP contribution in [0.1, 0.15) is 25.8 Å². The second kappa shape index (κ2) is 5.44. The summed E-state index contributed by atoms with van der Waals surface area (Å²) >= 11 is 4.32. The monoisotopic (exact) mass is 294 g/mol. The van der Waals surface area contributed by atoms with E-state index in [4.69, 9.17) is 0 Å². The molecular weight excluding hydrogens is 276 g/mol. The molecule has 0 fully saturated rings. The predicted octanol–water partition coefficient (Wildman–Crippen LogP) is 2.83. The van der Waals surface area contributed by atoms with Gasteiger partial charge in [0.05, 0.1) is 4.92 Å². The van der Waals surface area contributed by atoms with Crippen LogP contribution in [0.3, 0.4) is 0 Å². The van der Waals surface area contributed by atoms with Gasteiger partial charge in [0, 0.05) is 30.8 Å². The molecule has 0 unspecified atom stereocenters. The number of fused-ring (bicyclic) bond motifs is 1. The Morgan fingerprint density at radius 1 is 1.40 bits per heavy atom. The molecule has 2 rings (SSSR count). The van der Waals surface area contributed by atoms with E-state index in [-0.39, 0.29) is 17.0 Å². The van der Waals surface area contributed by atoms with Crippen molar-refractivity contribution >= 4 is 29.9 Å². The van der Waals surface area contributed by atoms with E-state index in [0.717, 1.165) is 11.3 Å². The van der Waals surface area contributed by atoms with Crippen molar-refractivity contribution in [2.75, 3.05) is 17.2 Å². The second-order valence-electron chi connectivity index (χ2n) is 5.87. The number of nitrogens with zero attached hydrogens (tertiary/aromatic N) is 2. The molecule has 1 amide bonds. The molecular formula is C14H18N2O3S. The Hall–Kier alpha value is -1.56. The lowest BCUT2D eigenvalue weighted by molar-refractivity contribution is -0.384. The summed E-state index contributed by atoms with van der Waals surface area (Å²) in [7, 11) is 0. The summed E-state index contributed by atoms with van der Waals surface area (Å²) in [5, 5.41) is 10.8. The highest BCUT2D eigenvalue weighted by Gasteiger charge is 2.30. The summed E-state index contributed by atoms with van der Waals surface area (Å²) < 4.78 is 0.